The Morgan fingerprint density at radius 2 is 1.41 bits per heavy atom. The zero-order valence-electron chi connectivity index (χ0n) is 20.3. The van der Waals surface area contributed by atoms with Crippen LogP contribution in [0.4, 0.5) is 4.39 Å². The molecule has 4 atom stereocenters. The lowest BCUT2D eigenvalue weighted by Crippen LogP contribution is -2.67. The van der Waals surface area contributed by atoms with Gasteiger partial charge in [0.15, 0.2) is 6.10 Å². The van der Waals surface area contributed by atoms with Gasteiger partial charge in [-0.25, -0.2) is 0 Å². The van der Waals surface area contributed by atoms with E-state index < -0.39 is 51.3 Å². The number of benzene rings is 2. The predicted octanol–water partition coefficient (Wildman–Crippen LogP) is 3.37. The molecule has 0 N–H and O–H groups in total. The summed E-state index contributed by atoms with van der Waals surface area (Å²) < 4.78 is 37.5. The molecular formula is C26H33FO6Si. The van der Waals surface area contributed by atoms with E-state index in [0.29, 0.717) is 0 Å². The molecule has 1 saturated heterocycles. The van der Waals surface area contributed by atoms with Crippen LogP contribution in [0.25, 0.3) is 0 Å². The Morgan fingerprint density at radius 3 is 1.82 bits per heavy atom. The third kappa shape index (κ3) is 5.40. The lowest BCUT2D eigenvalue weighted by Gasteiger charge is -2.43. The molecule has 0 aromatic heterocycles. The largest absolute Gasteiger partial charge is 0.455 e. The number of rotatable bonds is 8. The standard InChI is InChI=1S/C26H33FO6Si/c1-18(28)31-24-22(16-27)23(33-25(24)32-19(2)29)17-30-34(26(3,4)5,20-12-8-6-9-13-20)21-14-10-7-11-15-21/h6-15,22-25H,16-17H2,1-5H3. The molecule has 2 aromatic carbocycles. The summed E-state index contributed by atoms with van der Waals surface area (Å²) in [6, 6.07) is 20.1. The van der Waals surface area contributed by atoms with Crippen molar-refractivity contribution in [2.24, 2.45) is 5.92 Å². The van der Waals surface area contributed by atoms with Crippen molar-refractivity contribution in [1.82, 2.24) is 0 Å². The van der Waals surface area contributed by atoms with Gasteiger partial charge in [-0.05, 0) is 15.4 Å². The van der Waals surface area contributed by atoms with Crippen LogP contribution in [0.2, 0.25) is 5.04 Å². The summed E-state index contributed by atoms with van der Waals surface area (Å²) in [6.07, 6.45) is -2.99. The second kappa shape index (κ2) is 10.8. The molecule has 34 heavy (non-hydrogen) atoms. The maximum absolute atomic E-state index is 14.2. The Bertz CT molecular complexity index is 923. The zero-order valence-corrected chi connectivity index (χ0v) is 21.3. The van der Waals surface area contributed by atoms with Gasteiger partial charge in [0.25, 0.3) is 8.32 Å². The average Bonchev–Trinajstić information content (AvgIpc) is 3.09. The highest BCUT2D eigenvalue weighted by Gasteiger charge is 2.53. The van der Waals surface area contributed by atoms with Gasteiger partial charge in [-0.15, -0.1) is 0 Å². The second-order valence-electron chi connectivity index (χ2n) is 9.52. The molecule has 0 spiro atoms. The highest BCUT2D eigenvalue weighted by atomic mass is 28.4. The van der Waals surface area contributed by atoms with Gasteiger partial charge in [0, 0.05) is 13.8 Å². The Labute approximate surface area is 201 Å². The zero-order chi connectivity index (χ0) is 24.9. The van der Waals surface area contributed by atoms with Crippen molar-refractivity contribution in [2.75, 3.05) is 13.3 Å². The van der Waals surface area contributed by atoms with Crippen LogP contribution in [-0.2, 0) is 28.2 Å². The molecule has 184 valence electrons. The third-order valence-corrected chi connectivity index (χ3v) is 11.1. The summed E-state index contributed by atoms with van der Waals surface area (Å²) >= 11 is 0. The summed E-state index contributed by atoms with van der Waals surface area (Å²) in [4.78, 5) is 23.2. The Morgan fingerprint density at radius 1 is 0.912 bits per heavy atom. The van der Waals surface area contributed by atoms with Crippen LogP contribution in [0.3, 0.4) is 0 Å². The first-order chi connectivity index (χ1) is 16.1. The summed E-state index contributed by atoms with van der Waals surface area (Å²) in [5.74, 6) is -2.03. The second-order valence-corrected chi connectivity index (χ2v) is 13.8. The lowest BCUT2D eigenvalue weighted by atomic mass is 10.0. The molecule has 0 bridgehead atoms. The fraction of sp³-hybridized carbons (Fsp3) is 0.462. The van der Waals surface area contributed by atoms with Crippen LogP contribution < -0.4 is 10.4 Å². The topological polar surface area (TPSA) is 71.1 Å². The fourth-order valence-corrected chi connectivity index (χ4v) is 9.25. The van der Waals surface area contributed by atoms with E-state index in [-0.39, 0.29) is 11.6 Å². The summed E-state index contributed by atoms with van der Waals surface area (Å²) in [6.45, 7) is 8.12. The number of carbonyl (C=O) groups excluding carboxylic acids is 2. The predicted molar refractivity (Wildman–Crippen MR) is 129 cm³/mol. The van der Waals surface area contributed by atoms with Crippen molar-refractivity contribution in [3.05, 3.63) is 60.7 Å². The van der Waals surface area contributed by atoms with E-state index in [2.05, 4.69) is 45.0 Å². The quantitative estimate of drug-likeness (QED) is 0.419. The SMILES string of the molecule is CC(=O)OC1OC(CO[Si](c2ccccc2)(c2ccccc2)C(C)(C)C)C(CF)C1OC(C)=O. The first-order valence-electron chi connectivity index (χ1n) is 11.4. The van der Waals surface area contributed by atoms with E-state index in [9.17, 15) is 14.0 Å². The molecule has 2 aromatic rings. The highest BCUT2D eigenvalue weighted by Crippen LogP contribution is 2.38. The molecule has 0 amide bonds. The average molecular weight is 489 g/mol. The Hall–Kier alpha value is -2.55. The molecule has 8 heteroatoms. The summed E-state index contributed by atoms with van der Waals surface area (Å²) in [5, 5.41) is 1.89. The van der Waals surface area contributed by atoms with Gasteiger partial charge in [0.2, 0.25) is 6.29 Å². The molecule has 0 aliphatic carbocycles. The van der Waals surface area contributed by atoms with Crippen molar-refractivity contribution in [3.8, 4) is 0 Å². The molecule has 4 unspecified atom stereocenters. The maximum Gasteiger partial charge on any atom is 0.305 e. The fourth-order valence-electron chi connectivity index (χ4n) is 4.68. The van der Waals surface area contributed by atoms with Gasteiger partial charge >= 0.3 is 11.9 Å². The minimum absolute atomic E-state index is 0.0530. The van der Waals surface area contributed by atoms with Crippen molar-refractivity contribution in [1.29, 1.82) is 0 Å². The van der Waals surface area contributed by atoms with Gasteiger partial charge in [-0.3, -0.25) is 14.0 Å². The first kappa shape index (κ1) is 26.1. The van der Waals surface area contributed by atoms with E-state index in [1.165, 1.54) is 13.8 Å². The van der Waals surface area contributed by atoms with Crippen LogP contribution in [0, 0.1) is 5.92 Å². The number of carbonyl (C=O) groups is 2. The van der Waals surface area contributed by atoms with Crippen molar-refractivity contribution < 1.29 is 32.6 Å². The summed E-state index contributed by atoms with van der Waals surface area (Å²) in [7, 11) is -2.89. The monoisotopic (exact) mass is 488 g/mol. The minimum atomic E-state index is -2.89. The van der Waals surface area contributed by atoms with Crippen LogP contribution in [0.1, 0.15) is 34.6 Å². The molecular weight excluding hydrogens is 455 g/mol. The molecule has 1 heterocycles. The maximum atomic E-state index is 14.2. The van der Waals surface area contributed by atoms with E-state index >= 15 is 0 Å². The molecule has 0 radical (unpaired) electrons. The number of alkyl halides is 1. The van der Waals surface area contributed by atoms with E-state index in [4.69, 9.17) is 18.6 Å². The highest BCUT2D eigenvalue weighted by molar-refractivity contribution is 6.99. The molecule has 6 nitrogen and oxygen atoms in total. The van der Waals surface area contributed by atoms with Gasteiger partial charge in [-0.1, -0.05) is 81.4 Å². The van der Waals surface area contributed by atoms with Crippen LogP contribution in [0.15, 0.2) is 60.7 Å². The number of hydrogen-bond acceptors (Lipinski definition) is 6. The van der Waals surface area contributed by atoms with Gasteiger partial charge in [0.1, 0.15) is 0 Å². The number of hydrogen-bond donors (Lipinski definition) is 0. The Balaban J connectivity index is 1.99. The van der Waals surface area contributed by atoms with Crippen LogP contribution in [0.5, 0.6) is 0 Å². The van der Waals surface area contributed by atoms with E-state index in [0.717, 1.165) is 10.4 Å². The van der Waals surface area contributed by atoms with Gasteiger partial charge in [-0.2, -0.15) is 0 Å². The lowest BCUT2D eigenvalue weighted by molar-refractivity contribution is -0.195. The summed E-state index contributed by atoms with van der Waals surface area (Å²) in [5.41, 5.74) is 0. The van der Waals surface area contributed by atoms with Crippen LogP contribution >= 0.6 is 0 Å². The Kier molecular flexibility index (Phi) is 8.28. The number of halogens is 1. The van der Waals surface area contributed by atoms with Crippen molar-refractivity contribution in [2.45, 2.75) is 58.2 Å². The minimum Gasteiger partial charge on any atom is -0.455 e. The van der Waals surface area contributed by atoms with Gasteiger partial charge < -0.3 is 18.6 Å². The van der Waals surface area contributed by atoms with E-state index in [1.807, 2.05) is 36.4 Å². The normalized spacial score (nSPS) is 22.9. The molecule has 3 rings (SSSR count). The molecule has 1 aliphatic heterocycles. The number of esters is 2. The van der Waals surface area contributed by atoms with E-state index in [1.54, 1.807) is 0 Å². The molecule has 1 aliphatic rings. The smallest absolute Gasteiger partial charge is 0.305 e. The van der Waals surface area contributed by atoms with Crippen molar-refractivity contribution in [3.63, 3.8) is 0 Å². The van der Waals surface area contributed by atoms with Crippen molar-refractivity contribution >= 4 is 30.6 Å². The number of ether oxygens (including phenoxy) is 3. The first-order valence-corrected chi connectivity index (χ1v) is 13.3. The third-order valence-electron chi connectivity index (χ3n) is 6.12. The van der Waals surface area contributed by atoms with Gasteiger partial charge in [0.05, 0.1) is 25.3 Å². The molecule has 1 fully saturated rings. The molecule has 0 saturated carbocycles. The van der Waals surface area contributed by atoms with Crippen LogP contribution in [-0.4, -0.2) is 52.0 Å².